The number of hydrogen-bond acceptors (Lipinski definition) is 14. The number of nitrogens with one attached hydrogen (secondary N) is 1. The number of aryl methyl sites for hydroxylation is 1. The van der Waals surface area contributed by atoms with Crippen LogP contribution >= 0.6 is 0 Å². The second kappa shape index (κ2) is 17.0. The molecule has 3 heterocycles. The molecule has 20 nitrogen and oxygen atoms in total. The Morgan fingerprint density at radius 3 is 2.25 bits per heavy atom. The maximum Gasteiger partial charge on any atom is 0.352 e. The molecular weight excluding hydrogens is 536 g/mol. The zero-order chi connectivity index (χ0) is 30.1. The quantitative estimate of drug-likeness (QED) is 0.0783. The Morgan fingerprint density at radius 1 is 1.07 bits per heavy atom. The van der Waals surface area contributed by atoms with E-state index in [1.54, 1.807) is 13.8 Å². The van der Waals surface area contributed by atoms with E-state index in [4.69, 9.17) is 21.7 Å². The lowest BCUT2D eigenvalue weighted by molar-refractivity contribution is -0.211. The Labute approximate surface area is 224 Å². The van der Waals surface area contributed by atoms with E-state index in [0.717, 1.165) is 15.4 Å². The van der Waals surface area contributed by atoms with Crippen molar-refractivity contribution in [2.24, 2.45) is 21.6 Å². The third kappa shape index (κ3) is 10.0. The molecule has 0 spiro atoms. The van der Waals surface area contributed by atoms with Gasteiger partial charge in [-0.1, -0.05) is 5.21 Å². The van der Waals surface area contributed by atoms with Crippen molar-refractivity contribution in [3.05, 3.63) is 34.5 Å². The molecule has 0 radical (unpaired) electrons. The summed E-state index contributed by atoms with van der Waals surface area (Å²) in [7, 11) is 0. The Kier molecular flexibility index (Phi) is 13.7. The van der Waals surface area contributed by atoms with Crippen molar-refractivity contribution in [3.63, 3.8) is 0 Å². The number of aromatic nitrogens is 7. The number of ether oxygens (including phenoxy) is 2. The summed E-state index contributed by atoms with van der Waals surface area (Å²) in [6.07, 6.45) is 3.91. The lowest BCUT2D eigenvalue weighted by Crippen LogP contribution is -2.31. The number of carbonyl (C=O) groups is 4. The standard InChI is InChI=1S/C10H12N6O4.C6H9NO3.C4H5N5O/c1-2-20-6(17)3-4-16-10(19)15-5-12-7(8(11)18)9(15)13-14-16;1-2-10-6(9)3-4-7-5-8;5-3(10)2-4(9-6)8-1-7-2/h5H,2-4H2,1H3,(H2,11,18);2-4H2,1H3;1,6H,(H2,5,10)(H,7,8)/p+1. The van der Waals surface area contributed by atoms with Crippen LogP contribution in [0.25, 0.3) is 5.65 Å². The van der Waals surface area contributed by atoms with E-state index in [2.05, 4.69) is 40.1 Å². The first-order valence-electron chi connectivity index (χ1n) is 11.3. The number of carbonyl (C=O) groups excluding carboxylic acids is 5. The third-order valence-corrected chi connectivity index (χ3v) is 4.27. The lowest BCUT2D eigenvalue weighted by atomic mass is 10.4. The number of imidazole rings is 2. The van der Waals surface area contributed by atoms with Gasteiger partial charge in [0.25, 0.3) is 11.8 Å². The third-order valence-electron chi connectivity index (χ3n) is 4.27. The van der Waals surface area contributed by atoms with Gasteiger partial charge in [-0.05, 0) is 13.8 Å². The zero-order valence-corrected chi connectivity index (χ0v) is 21.5. The van der Waals surface area contributed by atoms with Crippen LogP contribution in [0.4, 0.5) is 5.82 Å². The maximum absolute atomic E-state index is 12.0. The molecule has 214 valence electrons. The number of primary amides is 2. The van der Waals surface area contributed by atoms with Crippen LogP contribution in [-0.2, 0) is 30.4 Å². The monoisotopic (exact) mass is 563 g/mol. The van der Waals surface area contributed by atoms with Gasteiger partial charge in [0, 0.05) is 5.11 Å². The smallest absolute Gasteiger partial charge is 0.352 e. The number of esters is 2. The van der Waals surface area contributed by atoms with Crippen molar-refractivity contribution in [3.8, 4) is 0 Å². The van der Waals surface area contributed by atoms with Crippen molar-refractivity contribution in [1.29, 1.82) is 0 Å². The van der Waals surface area contributed by atoms with Crippen LogP contribution in [0.5, 0.6) is 0 Å². The Balaban J connectivity index is 0.000000337. The number of nitrogens with two attached hydrogens (primary N) is 3. The highest BCUT2D eigenvalue weighted by Gasteiger charge is 2.15. The van der Waals surface area contributed by atoms with E-state index in [1.807, 2.05) is 0 Å². The van der Waals surface area contributed by atoms with Gasteiger partial charge < -0.3 is 25.9 Å². The molecule has 20 heteroatoms. The Bertz CT molecular complexity index is 1440. The summed E-state index contributed by atoms with van der Waals surface area (Å²) in [6.45, 7) is 4.23. The van der Waals surface area contributed by atoms with Crippen LogP contribution < -0.4 is 22.7 Å². The number of nitrogens with zero attached hydrogens (tertiary/aromatic N) is 8. The molecule has 0 saturated carbocycles. The molecule has 0 unspecified atom stereocenters. The number of rotatable bonds is 11. The molecular formula is C20H27N12O8+. The fraction of sp³-hybridized carbons (Fsp3) is 0.400. The summed E-state index contributed by atoms with van der Waals surface area (Å²) < 4.78 is 11.3. The van der Waals surface area contributed by atoms with Crippen molar-refractivity contribution in [1.82, 2.24) is 34.3 Å². The molecule has 40 heavy (non-hydrogen) atoms. The first-order chi connectivity index (χ1) is 19.1. The van der Waals surface area contributed by atoms with E-state index in [9.17, 15) is 28.8 Å². The molecule has 0 atom stereocenters. The number of aliphatic imine (C=N–C) groups is 1. The average Bonchev–Trinajstić information content (AvgIpc) is 3.57. The van der Waals surface area contributed by atoms with Gasteiger partial charge in [0.1, 0.15) is 6.33 Å². The lowest BCUT2D eigenvalue weighted by Gasteiger charge is -2.03. The molecule has 3 aromatic heterocycles. The molecule has 0 aliphatic carbocycles. The number of aromatic amines is 1. The normalized spacial score (nSPS) is 9.65. The van der Waals surface area contributed by atoms with Gasteiger partial charge in [0.15, 0.2) is 17.0 Å². The minimum atomic E-state index is -0.800. The number of H-pyrrole nitrogens is 1. The van der Waals surface area contributed by atoms with Gasteiger partial charge in [-0.25, -0.2) is 29.0 Å². The average molecular weight is 564 g/mol. The summed E-state index contributed by atoms with van der Waals surface area (Å²) in [4.78, 5) is 77.8. The van der Waals surface area contributed by atoms with E-state index in [0.29, 0.717) is 6.61 Å². The highest BCUT2D eigenvalue weighted by molar-refractivity contribution is 5.96. The van der Waals surface area contributed by atoms with E-state index in [-0.39, 0.29) is 61.4 Å². The number of amides is 2. The van der Waals surface area contributed by atoms with Gasteiger partial charge in [0.2, 0.25) is 11.9 Å². The van der Waals surface area contributed by atoms with Crippen LogP contribution in [0, 0.1) is 0 Å². The van der Waals surface area contributed by atoms with Crippen molar-refractivity contribution >= 4 is 41.3 Å². The van der Waals surface area contributed by atoms with Gasteiger partial charge in [-0.15, -0.1) is 5.10 Å². The predicted molar refractivity (Wildman–Crippen MR) is 130 cm³/mol. The summed E-state index contributed by atoms with van der Waals surface area (Å²) >= 11 is 0. The largest absolute Gasteiger partial charge is 0.466 e. The van der Waals surface area contributed by atoms with Crippen LogP contribution in [-0.4, -0.2) is 83.9 Å². The molecule has 3 aromatic rings. The van der Waals surface area contributed by atoms with E-state index < -0.39 is 23.5 Å². The van der Waals surface area contributed by atoms with Gasteiger partial charge in [-0.2, -0.15) is 10.2 Å². The van der Waals surface area contributed by atoms with Crippen LogP contribution in [0.2, 0.25) is 0 Å². The maximum atomic E-state index is 12.0. The number of isocyanates is 1. The van der Waals surface area contributed by atoms with Crippen LogP contribution in [0.1, 0.15) is 47.7 Å². The summed E-state index contributed by atoms with van der Waals surface area (Å²) in [5.74, 6) is -2.06. The summed E-state index contributed by atoms with van der Waals surface area (Å²) in [5.41, 5.74) is 14.3. The first-order valence-corrected chi connectivity index (χ1v) is 11.3. The predicted octanol–water partition coefficient (Wildman–Crippen LogP) is -3.04. The zero-order valence-electron chi connectivity index (χ0n) is 21.5. The molecule has 2 amide bonds. The number of fused-ring (bicyclic) bond motifs is 1. The van der Waals surface area contributed by atoms with Gasteiger partial charge >= 0.3 is 17.6 Å². The summed E-state index contributed by atoms with van der Waals surface area (Å²) in [6, 6.07) is 0. The molecule has 7 N–H and O–H groups in total. The van der Waals surface area contributed by atoms with E-state index >= 15 is 0 Å². The van der Waals surface area contributed by atoms with Gasteiger partial charge in [-0.3, -0.25) is 19.2 Å². The topological polar surface area (TPSA) is 300 Å². The highest BCUT2D eigenvalue weighted by Crippen LogP contribution is 2.09. The Hall–Kier alpha value is -5.65. The first kappa shape index (κ1) is 32.4. The van der Waals surface area contributed by atoms with Crippen LogP contribution in [0.15, 0.2) is 27.6 Å². The fourth-order valence-electron chi connectivity index (χ4n) is 2.57. The Morgan fingerprint density at radius 2 is 1.73 bits per heavy atom. The minimum absolute atomic E-state index is 0.00862. The molecule has 0 aliphatic heterocycles. The molecule has 0 aromatic carbocycles. The molecule has 0 fully saturated rings. The van der Waals surface area contributed by atoms with E-state index in [1.165, 1.54) is 12.4 Å². The molecule has 0 bridgehead atoms. The second-order valence-electron chi connectivity index (χ2n) is 6.92. The van der Waals surface area contributed by atoms with Crippen molar-refractivity contribution in [2.45, 2.75) is 33.2 Å². The van der Waals surface area contributed by atoms with Crippen molar-refractivity contribution < 1.29 is 39.0 Å². The SMILES string of the molecule is CCOC(=O)CCN=C=O.CCOC(=O)CCn1nnc2c(C(N)=O)ncn2c1=O.NC(=O)c1[nH]cnc1N=[NH2+]. The molecule has 0 saturated heterocycles. The minimum Gasteiger partial charge on any atom is -0.466 e. The van der Waals surface area contributed by atoms with Crippen molar-refractivity contribution in [2.75, 3.05) is 19.8 Å². The summed E-state index contributed by atoms with van der Waals surface area (Å²) in [5, 5.41) is 10.5. The molecule has 0 aliphatic rings. The fourth-order valence-corrected chi connectivity index (χ4v) is 2.57. The number of hydrogen-bond donors (Lipinski definition) is 4. The van der Waals surface area contributed by atoms with Crippen LogP contribution in [0.3, 0.4) is 0 Å². The van der Waals surface area contributed by atoms with Gasteiger partial charge in [0.05, 0.1) is 45.5 Å². The highest BCUT2D eigenvalue weighted by atomic mass is 16.5. The molecule has 3 rings (SSSR count). The second-order valence-corrected chi connectivity index (χ2v) is 6.92.